The van der Waals surface area contributed by atoms with Crippen LogP contribution in [-0.4, -0.2) is 34.4 Å². The summed E-state index contributed by atoms with van der Waals surface area (Å²) < 4.78 is 2.10. The number of nitrogens with zero attached hydrogens (tertiary/aromatic N) is 3. The molecule has 1 saturated heterocycles. The van der Waals surface area contributed by atoms with Crippen molar-refractivity contribution in [3.63, 3.8) is 0 Å². The van der Waals surface area contributed by atoms with E-state index in [1.807, 2.05) is 17.8 Å². The molecule has 1 fully saturated rings. The molecule has 0 atom stereocenters. The monoisotopic (exact) mass is 351 g/mol. The van der Waals surface area contributed by atoms with Gasteiger partial charge in [0, 0.05) is 35.5 Å². The van der Waals surface area contributed by atoms with Crippen molar-refractivity contribution in [3.05, 3.63) is 41.6 Å². The van der Waals surface area contributed by atoms with Crippen molar-refractivity contribution in [2.45, 2.75) is 12.3 Å². The van der Waals surface area contributed by atoms with Crippen molar-refractivity contribution in [2.75, 3.05) is 29.5 Å². The Kier molecular flexibility index (Phi) is 4.36. The largest absolute Gasteiger partial charge is 0.355 e. The first-order valence-electron chi connectivity index (χ1n) is 6.84. The fourth-order valence-corrected chi connectivity index (χ4v) is 4.11. The minimum atomic E-state index is 0.852. The van der Waals surface area contributed by atoms with Crippen LogP contribution in [0.15, 0.2) is 30.3 Å². The summed E-state index contributed by atoms with van der Waals surface area (Å²) >= 11 is 5.66. The van der Waals surface area contributed by atoms with Gasteiger partial charge >= 0.3 is 0 Å². The third kappa shape index (κ3) is 2.61. The molecule has 3 nitrogen and oxygen atoms in total. The number of aryl methyl sites for hydroxylation is 1. The van der Waals surface area contributed by atoms with Gasteiger partial charge in [0.25, 0.3) is 0 Å². The summed E-state index contributed by atoms with van der Waals surface area (Å²) in [5.41, 5.74) is 3.55. The highest BCUT2D eigenvalue weighted by Gasteiger charge is 2.22. The van der Waals surface area contributed by atoms with Crippen LogP contribution in [0.25, 0.3) is 5.69 Å². The van der Waals surface area contributed by atoms with Gasteiger partial charge in [-0.3, -0.25) is 0 Å². The lowest BCUT2D eigenvalue weighted by Crippen LogP contribution is -2.34. The standard InChI is InChI=1S/C15H18BrN3S/c1-12-14(11-16)15(18-7-9-20-10-8-18)19(17-12)13-5-3-2-4-6-13/h2-6H,7-11H2,1H3. The number of aromatic nitrogens is 2. The minimum absolute atomic E-state index is 0.852. The Bertz CT molecular complexity index is 576. The molecule has 0 saturated carbocycles. The molecule has 0 N–H and O–H groups in total. The molecule has 1 aliphatic rings. The van der Waals surface area contributed by atoms with E-state index in [2.05, 4.69) is 56.7 Å². The second-order valence-electron chi connectivity index (χ2n) is 4.87. The lowest BCUT2D eigenvalue weighted by Gasteiger charge is -2.29. The smallest absolute Gasteiger partial charge is 0.136 e. The molecule has 0 bridgehead atoms. The molecule has 5 heteroatoms. The second kappa shape index (κ2) is 6.22. The first-order valence-corrected chi connectivity index (χ1v) is 9.11. The highest BCUT2D eigenvalue weighted by molar-refractivity contribution is 9.08. The van der Waals surface area contributed by atoms with E-state index in [4.69, 9.17) is 5.10 Å². The van der Waals surface area contributed by atoms with Crippen molar-refractivity contribution in [1.82, 2.24) is 9.78 Å². The molecular formula is C15H18BrN3S. The molecule has 2 heterocycles. The second-order valence-corrected chi connectivity index (χ2v) is 6.65. The number of para-hydroxylation sites is 1. The molecule has 0 radical (unpaired) electrons. The number of hydrogen-bond acceptors (Lipinski definition) is 3. The van der Waals surface area contributed by atoms with Crippen molar-refractivity contribution in [3.8, 4) is 5.69 Å². The first kappa shape index (κ1) is 14.0. The van der Waals surface area contributed by atoms with Crippen LogP contribution in [0.3, 0.4) is 0 Å². The Morgan fingerprint density at radius 2 is 1.90 bits per heavy atom. The third-order valence-electron chi connectivity index (χ3n) is 3.60. The van der Waals surface area contributed by atoms with Crippen molar-refractivity contribution < 1.29 is 0 Å². The van der Waals surface area contributed by atoms with Gasteiger partial charge in [0.2, 0.25) is 0 Å². The number of alkyl halides is 1. The molecule has 1 aromatic heterocycles. The van der Waals surface area contributed by atoms with E-state index in [0.29, 0.717) is 0 Å². The highest BCUT2D eigenvalue weighted by atomic mass is 79.9. The van der Waals surface area contributed by atoms with Crippen LogP contribution in [-0.2, 0) is 5.33 Å². The van der Waals surface area contributed by atoms with Crippen molar-refractivity contribution in [2.24, 2.45) is 0 Å². The summed E-state index contributed by atoms with van der Waals surface area (Å²) in [5.74, 6) is 3.65. The maximum atomic E-state index is 4.77. The lowest BCUT2D eigenvalue weighted by molar-refractivity contribution is 0.776. The molecule has 0 amide bonds. The normalized spacial score (nSPS) is 15.6. The Balaban J connectivity index is 2.09. The van der Waals surface area contributed by atoms with Gasteiger partial charge < -0.3 is 4.90 Å². The number of anilines is 1. The number of rotatable bonds is 3. The van der Waals surface area contributed by atoms with E-state index in [-0.39, 0.29) is 0 Å². The molecule has 2 aromatic rings. The Morgan fingerprint density at radius 3 is 2.55 bits per heavy atom. The number of benzene rings is 1. The average molecular weight is 352 g/mol. The molecule has 0 spiro atoms. The van der Waals surface area contributed by atoms with Gasteiger partial charge in [-0.1, -0.05) is 34.1 Å². The van der Waals surface area contributed by atoms with Gasteiger partial charge in [-0.2, -0.15) is 16.9 Å². The van der Waals surface area contributed by atoms with Gasteiger partial charge in [-0.05, 0) is 19.1 Å². The van der Waals surface area contributed by atoms with Crippen LogP contribution in [0.4, 0.5) is 5.82 Å². The van der Waals surface area contributed by atoms with E-state index < -0.39 is 0 Å². The predicted molar refractivity (Wildman–Crippen MR) is 90.5 cm³/mol. The van der Waals surface area contributed by atoms with E-state index in [9.17, 15) is 0 Å². The fourth-order valence-electron chi connectivity index (χ4n) is 2.55. The van der Waals surface area contributed by atoms with Crippen molar-refractivity contribution in [1.29, 1.82) is 0 Å². The topological polar surface area (TPSA) is 21.1 Å². The van der Waals surface area contributed by atoms with Gasteiger partial charge in [-0.25, -0.2) is 4.68 Å². The van der Waals surface area contributed by atoms with Crippen LogP contribution in [0.1, 0.15) is 11.3 Å². The van der Waals surface area contributed by atoms with Crippen LogP contribution in [0, 0.1) is 6.92 Å². The Hall–Kier alpha value is -0.940. The Labute approximate surface area is 132 Å². The van der Waals surface area contributed by atoms with E-state index >= 15 is 0 Å². The quantitative estimate of drug-likeness (QED) is 0.788. The predicted octanol–water partition coefficient (Wildman–Crippen LogP) is 3.63. The Morgan fingerprint density at radius 1 is 1.20 bits per heavy atom. The summed E-state index contributed by atoms with van der Waals surface area (Å²) in [4.78, 5) is 2.47. The lowest BCUT2D eigenvalue weighted by atomic mass is 10.2. The number of thioether (sulfide) groups is 1. The maximum absolute atomic E-state index is 4.77. The first-order chi connectivity index (χ1) is 9.81. The van der Waals surface area contributed by atoms with Crippen molar-refractivity contribution >= 4 is 33.5 Å². The van der Waals surface area contributed by atoms with Gasteiger partial charge in [-0.15, -0.1) is 0 Å². The highest BCUT2D eigenvalue weighted by Crippen LogP contribution is 2.30. The fraction of sp³-hybridized carbons (Fsp3) is 0.400. The summed E-state index contributed by atoms with van der Waals surface area (Å²) in [5, 5.41) is 5.62. The average Bonchev–Trinajstić information content (AvgIpc) is 2.85. The molecule has 20 heavy (non-hydrogen) atoms. The summed E-state index contributed by atoms with van der Waals surface area (Å²) in [6.07, 6.45) is 0. The number of halogens is 1. The zero-order valence-corrected chi connectivity index (χ0v) is 14.0. The van der Waals surface area contributed by atoms with Crippen LogP contribution >= 0.6 is 27.7 Å². The maximum Gasteiger partial charge on any atom is 0.136 e. The third-order valence-corrected chi connectivity index (χ3v) is 5.11. The summed E-state index contributed by atoms with van der Waals surface area (Å²) in [6.45, 7) is 4.30. The van der Waals surface area contributed by atoms with Crippen LogP contribution in [0.2, 0.25) is 0 Å². The van der Waals surface area contributed by atoms with E-state index in [1.54, 1.807) is 0 Å². The van der Waals surface area contributed by atoms with E-state index in [1.165, 1.54) is 22.9 Å². The van der Waals surface area contributed by atoms with Crippen LogP contribution < -0.4 is 4.90 Å². The molecule has 0 aliphatic carbocycles. The summed E-state index contributed by atoms with van der Waals surface area (Å²) in [7, 11) is 0. The minimum Gasteiger partial charge on any atom is -0.355 e. The molecule has 0 unspecified atom stereocenters. The van der Waals surface area contributed by atoms with Gasteiger partial charge in [0.15, 0.2) is 0 Å². The van der Waals surface area contributed by atoms with Crippen LogP contribution in [0.5, 0.6) is 0 Å². The molecular weight excluding hydrogens is 334 g/mol. The number of hydrogen-bond donors (Lipinski definition) is 0. The zero-order chi connectivity index (χ0) is 13.9. The summed E-state index contributed by atoms with van der Waals surface area (Å²) in [6, 6.07) is 10.4. The molecule has 3 rings (SSSR count). The van der Waals surface area contributed by atoms with E-state index in [0.717, 1.165) is 29.8 Å². The molecule has 106 valence electrons. The molecule has 1 aromatic carbocycles. The van der Waals surface area contributed by atoms with Gasteiger partial charge in [0.05, 0.1) is 11.4 Å². The van der Waals surface area contributed by atoms with Gasteiger partial charge in [0.1, 0.15) is 5.82 Å². The SMILES string of the molecule is Cc1nn(-c2ccccc2)c(N2CCSCC2)c1CBr. The molecule has 1 aliphatic heterocycles. The zero-order valence-electron chi connectivity index (χ0n) is 11.6.